The molecule has 0 aromatic carbocycles. The summed E-state index contributed by atoms with van der Waals surface area (Å²) in [6.07, 6.45) is 0.722. The van der Waals surface area contributed by atoms with Crippen LogP contribution in [0.3, 0.4) is 0 Å². The van der Waals surface area contributed by atoms with Gasteiger partial charge in [-0.2, -0.15) is 0 Å². The topological polar surface area (TPSA) is 99.1 Å². The summed E-state index contributed by atoms with van der Waals surface area (Å²) in [5.41, 5.74) is 0. The van der Waals surface area contributed by atoms with Crippen LogP contribution in [0, 0.1) is 0 Å². The van der Waals surface area contributed by atoms with Crippen LogP contribution in [0.2, 0.25) is 0 Å². The molecule has 0 saturated carbocycles. The smallest absolute Gasteiger partial charge is 0.0701 e. The predicted molar refractivity (Wildman–Crippen MR) is 51.0 cm³/mol. The minimum Gasteiger partial charge on any atom is -0.545 e. The number of carboxylic acid groups (broad SMARTS) is 1. The van der Waals surface area contributed by atoms with Crippen molar-refractivity contribution in [2.24, 2.45) is 0 Å². The second-order valence-corrected chi connectivity index (χ2v) is 2.20. The Kier molecular flexibility index (Phi) is 17.0. The molecule has 0 aromatic rings. The van der Waals surface area contributed by atoms with Gasteiger partial charge in [0.05, 0.1) is 45.6 Å². The molecule has 0 spiro atoms. The van der Waals surface area contributed by atoms with Crippen molar-refractivity contribution < 1.29 is 29.6 Å². The van der Waals surface area contributed by atoms with E-state index in [1.165, 1.54) is 0 Å². The molecule has 0 aromatic heterocycles. The van der Waals surface area contributed by atoms with Crippen LogP contribution < -0.4 is 5.11 Å². The highest BCUT2D eigenvalue weighted by molar-refractivity contribution is 5.76. The molecule has 15 heavy (non-hydrogen) atoms. The van der Waals surface area contributed by atoms with Gasteiger partial charge in [0.15, 0.2) is 0 Å². The lowest BCUT2D eigenvalue weighted by Crippen LogP contribution is -2.17. The Morgan fingerprint density at radius 1 is 1.13 bits per heavy atom. The summed E-state index contributed by atoms with van der Waals surface area (Å²) in [7, 11) is 0. The number of carbonyl (C=O) groups is 1. The summed E-state index contributed by atoms with van der Waals surface area (Å²) in [4.78, 5) is 9.14. The highest BCUT2D eigenvalue weighted by Gasteiger charge is 1.86. The number of carboxylic acids is 1. The third-order valence-electron chi connectivity index (χ3n) is 1.01. The highest BCUT2D eigenvalue weighted by atomic mass is 16.5. The molecule has 6 heteroatoms. The highest BCUT2D eigenvalue weighted by Crippen LogP contribution is 1.76. The SMILES string of the molecule is C=CC(=O)[O-].OCCOCCOCCO. The number of hydrogen-bond donors (Lipinski definition) is 2. The lowest BCUT2D eigenvalue weighted by molar-refractivity contribution is -0.297. The van der Waals surface area contributed by atoms with Gasteiger partial charge in [-0.3, -0.25) is 0 Å². The molecule has 0 aliphatic heterocycles. The molecule has 0 aliphatic rings. The second kappa shape index (κ2) is 15.5. The lowest BCUT2D eigenvalue weighted by Gasteiger charge is -2.01. The van der Waals surface area contributed by atoms with Gasteiger partial charge in [-0.25, -0.2) is 0 Å². The first-order chi connectivity index (χ1) is 7.18. The zero-order chi connectivity index (χ0) is 11.9. The molecule has 0 heterocycles. The summed E-state index contributed by atoms with van der Waals surface area (Å²) in [6, 6.07) is 0. The maximum atomic E-state index is 9.14. The van der Waals surface area contributed by atoms with Crippen molar-refractivity contribution in [2.45, 2.75) is 0 Å². The van der Waals surface area contributed by atoms with Crippen molar-refractivity contribution in [2.75, 3.05) is 39.6 Å². The van der Waals surface area contributed by atoms with E-state index in [0.717, 1.165) is 6.08 Å². The van der Waals surface area contributed by atoms with Crippen LogP contribution in [0.1, 0.15) is 0 Å². The van der Waals surface area contributed by atoms with Gasteiger partial charge in [0.25, 0.3) is 0 Å². The number of aliphatic carboxylic acids is 1. The largest absolute Gasteiger partial charge is 0.545 e. The Balaban J connectivity index is 0. The minimum atomic E-state index is -1.23. The van der Waals surface area contributed by atoms with Crippen molar-refractivity contribution in [1.82, 2.24) is 0 Å². The molecular weight excluding hydrogens is 204 g/mol. The summed E-state index contributed by atoms with van der Waals surface area (Å²) < 4.78 is 9.75. The first-order valence-electron chi connectivity index (χ1n) is 4.39. The minimum absolute atomic E-state index is 0.0417. The van der Waals surface area contributed by atoms with Gasteiger partial charge in [0.1, 0.15) is 0 Å². The number of rotatable bonds is 8. The summed E-state index contributed by atoms with van der Waals surface area (Å²) in [5.74, 6) is -1.23. The molecule has 0 radical (unpaired) electrons. The number of hydrogen-bond acceptors (Lipinski definition) is 6. The van der Waals surface area contributed by atoms with Crippen molar-refractivity contribution in [1.29, 1.82) is 0 Å². The van der Waals surface area contributed by atoms with Gasteiger partial charge >= 0.3 is 0 Å². The predicted octanol–water partition coefficient (Wildman–Crippen LogP) is -2.07. The van der Waals surface area contributed by atoms with Gasteiger partial charge < -0.3 is 29.6 Å². The zero-order valence-electron chi connectivity index (χ0n) is 8.55. The monoisotopic (exact) mass is 221 g/mol. The Hall–Kier alpha value is -0.950. The Morgan fingerprint density at radius 2 is 1.47 bits per heavy atom. The lowest BCUT2D eigenvalue weighted by atomic mass is 10.7. The van der Waals surface area contributed by atoms with Crippen molar-refractivity contribution >= 4 is 5.97 Å². The molecule has 6 nitrogen and oxygen atoms in total. The van der Waals surface area contributed by atoms with Crippen LogP contribution in [-0.2, 0) is 14.3 Å². The van der Waals surface area contributed by atoms with Crippen LogP contribution in [0.4, 0.5) is 0 Å². The van der Waals surface area contributed by atoms with Crippen LogP contribution in [0.15, 0.2) is 12.7 Å². The Morgan fingerprint density at radius 3 is 1.67 bits per heavy atom. The maximum Gasteiger partial charge on any atom is 0.0701 e. The van der Waals surface area contributed by atoms with Gasteiger partial charge in [0.2, 0.25) is 0 Å². The number of aliphatic hydroxyl groups is 2. The average molecular weight is 221 g/mol. The molecule has 90 valence electrons. The molecule has 0 bridgehead atoms. The molecular formula is C9H17O6-. The molecule has 0 fully saturated rings. The number of ether oxygens (including phenoxy) is 2. The van der Waals surface area contributed by atoms with E-state index in [2.05, 4.69) is 6.58 Å². The summed E-state index contributed by atoms with van der Waals surface area (Å²) in [5, 5.41) is 25.7. The van der Waals surface area contributed by atoms with Gasteiger partial charge in [-0.15, -0.1) is 0 Å². The molecule has 0 aliphatic carbocycles. The summed E-state index contributed by atoms with van der Waals surface area (Å²) in [6.45, 7) is 4.63. The van der Waals surface area contributed by atoms with E-state index in [0.29, 0.717) is 26.4 Å². The van der Waals surface area contributed by atoms with Gasteiger partial charge in [-0.05, 0) is 6.08 Å². The summed E-state index contributed by atoms with van der Waals surface area (Å²) >= 11 is 0. The third-order valence-corrected chi connectivity index (χ3v) is 1.01. The Labute approximate surface area is 88.7 Å². The molecule has 0 saturated heterocycles. The standard InChI is InChI=1S/C6H14O4.C3H4O2/c7-1-3-9-5-6-10-4-2-8;1-2-3(4)5/h7-8H,1-6H2;2H,1H2,(H,4,5)/p-1. The zero-order valence-corrected chi connectivity index (χ0v) is 8.55. The molecule has 0 amide bonds. The van der Waals surface area contributed by atoms with Crippen molar-refractivity contribution in [3.05, 3.63) is 12.7 Å². The van der Waals surface area contributed by atoms with Crippen LogP contribution >= 0.6 is 0 Å². The van der Waals surface area contributed by atoms with Crippen LogP contribution in [0.25, 0.3) is 0 Å². The molecule has 2 N–H and O–H groups in total. The van der Waals surface area contributed by atoms with Crippen LogP contribution in [0.5, 0.6) is 0 Å². The first kappa shape index (κ1) is 16.5. The fourth-order valence-electron chi connectivity index (χ4n) is 0.451. The fourth-order valence-corrected chi connectivity index (χ4v) is 0.451. The van der Waals surface area contributed by atoms with E-state index in [4.69, 9.17) is 29.6 Å². The third kappa shape index (κ3) is 24.6. The van der Waals surface area contributed by atoms with E-state index < -0.39 is 5.97 Å². The second-order valence-electron chi connectivity index (χ2n) is 2.20. The average Bonchev–Trinajstić information content (AvgIpc) is 2.24. The van der Waals surface area contributed by atoms with Crippen molar-refractivity contribution in [3.8, 4) is 0 Å². The number of aliphatic hydroxyl groups excluding tert-OH is 2. The van der Waals surface area contributed by atoms with Gasteiger partial charge in [-0.1, -0.05) is 6.58 Å². The normalized spacial score (nSPS) is 8.93. The van der Waals surface area contributed by atoms with E-state index in [9.17, 15) is 0 Å². The molecule has 0 unspecified atom stereocenters. The van der Waals surface area contributed by atoms with E-state index in [1.807, 2.05) is 0 Å². The first-order valence-corrected chi connectivity index (χ1v) is 4.39. The fraction of sp³-hybridized carbons (Fsp3) is 0.667. The maximum absolute atomic E-state index is 9.14. The van der Waals surface area contributed by atoms with E-state index in [1.54, 1.807) is 0 Å². The van der Waals surface area contributed by atoms with E-state index in [-0.39, 0.29) is 13.2 Å². The number of carbonyl (C=O) groups excluding carboxylic acids is 1. The van der Waals surface area contributed by atoms with E-state index >= 15 is 0 Å². The quantitative estimate of drug-likeness (QED) is 0.361. The molecule has 0 atom stereocenters. The van der Waals surface area contributed by atoms with Crippen LogP contribution in [-0.4, -0.2) is 55.8 Å². The van der Waals surface area contributed by atoms with Gasteiger partial charge in [0, 0.05) is 0 Å². The van der Waals surface area contributed by atoms with Crippen molar-refractivity contribution in [3.63, 3.8) is 0 Å². The Bertz CT molecular complexity index is 140. The molecule has 0 rings (SSSR count).